The van der Waals surface area contributed by atoms with Crippen molar-refractivity contribution in [2.75, 3.05) is 25.2 Å². The Balaban J connectivity index is 2.28. The number of amides is 1. The maximum atomic E-state index is 12.6. The van der Waals surface area contributed by atoms with Crippen molar-refractivity contribution in [2.45, 2.75) is 25.3 Å². The molecule has 0 spiro atoms. The van der Waals surface area contributed by atoms with Crippen LogP contribution in [0.1, 0.15) is 30.1 Å². The van der Waals surface area contributed by atoms with Crippen LogP contribution in [0.15, 0.2) is 18.3 Å². The molecule has 0 radical (unpaired) electrons. The highest BCUT2D eigenvalue weighted by molar-refractivity contribution is 7.91. The predicted molar refractivity (Wildman–Crippen MR) is 85.5 cm³/mol. The molecule has 0 bridgehead atoms. The quantitative estimate of drug-likeness (QED) is 0.757. The summed E-state index contributed by atoms with van der Waals surface area (Å²) in [6.45, 7) is 2.09. The molecular weight excluding hydrogens is 336 g/mol. The number of esters is 1. The number of carbonyl (C=O) groups excluding carboxylic acids is 2. The van der Waals surface area contributed by atoms with Gasteiger partial charge in [0.25, 0.3) is 5.91 Å². The minimum atomic E-state index is -3.21. The number of sulfone groups is 1. The van der Waals surface area contributed by atoms with Crippen LogP contribution in [0.5, 0.6) is 5.88 Å². The molecule has 2 rings (SSSR count). The summed E-state index contributed by atoms with van der Waals surface area (Å²) >= 11 is 0. The van der Waals surface area contributed by atoms with E-state index in [9.17, 15) is 18.0 Å². The van der Waals surface area contributed by atoms with Crippen molar-refractivity contribution in [1.29, 1.82) is 0 Å². The fourth-order valence-corrected chi connectivity index (χ4v) is 4.09. The Morgan fingerprint density at radius 3 is 2.58 bits per heavy atom. The van der Waals surface area contributed by atoms with Crippen molar-refractivity contribution < 1.29 is 27.5 Å². The molecule has 1 fully saturated rings. The number of nitrogens with one attached hydrogen (secondary N) is 1. The van der Waals surface area contributed by atoms with E-state index in [0.29, 0.717) is 6.61 Å². The van der Waals surface area contributed by atoms with Crippen molar-refractivity contribution in [3.05, 3.63) is 23.9 Å². The summed E-state index contributed by atoms with van der Waals surface area (Å²) in [6.07, 6.45) is 1.43. The lowest BCUT2D eigenvalue weighted by Crippen LogP contribution is -2.58. The van der Waals surface area contributed by atoms with Gasteiger partial charge in [0.2, 0.25) is 5.88 Å². The lowest BCUT2D eigenvalue weighted by molar-refractivity contribution is -0.148. The highest BCUT2D eigenvalue weighted by Gasteiger charge is 2.46. The van der Waals surface area contributed by atoms with E-state index in [2.05, 4.69) is 10.3 Å². The van der Waals surface area contributed by atoms with E-state index < -0.39 is 27.3 Å². The molecular formula is C15H20N2O6S. The zero-order chi connectivity index (χ0) is 17.8. The van der Waals surface area contributed by atoms with Gasteiger partial charge in [0.15, 0.2) is 9.84 Å². The Morgan fingerprint density at radius 1 is 1.33 bits per heavy atom. The second-order valence-corrected chi connectivity index (χ2v) is 7.77. The Bertz CT molecular complexity index is 717. The van der Waals surface area contributed by atoms with Crippen LogP contribution in [-0.2, 0) is 19.4 Å². The number of rotatable bonds is 5. The van der Waals surface area contributed by atoms with E-state index in [1.807, 2.05) is 0 Å². The van der Waals surface area contributed by atoms with E-state index in [-0.39, 0.29) is 35.8 Å². The van der Waals surface area contributed by atoms with Crippen LogP contribution in [0, 0.1) is 0 Å². The van der Waals surface area contributed by atoms with Crippen LogP contribution in [-0.4, -0.2) is 56.0 Å². The second-order valence-electron chi connectivity index (χ2n) is 5.47. The third-order valence-electron chi connectivity index (χ3n) is 3.91. The number of hydrogen-bond acceptors (Lipinski definition) is 7. The minimum Gasteiger partial charge on any atom is -0.477 e. The molecule has 1 amide bonds. The first-order valence-electron chi connectivity index (χ1n) is 7.53. The summed E-state index contributed by atoms with van der Waals surface area (Å²) in [5, 5.41) is 2.64. The van der Waals surface area contributed by atoms with E-state index in [1.165, 1.54) is 19.4 Å². The molecule has 0 unspecified atom stereocenters. The van der Waals surface area contributed by atoms with Gasteiger partial charge in [-0.15, -0.1) is 0 Å². The molecule has 1 aromatic rings. The van der Waals surface area contributed by atoms with Crippen LogP contribution in [0.2, 0.25) is 0 Å². The highest BCUT2D eigenvalue weighted by Crippen LogP contribution is 2.26. The minimum absolute atomic E-state index is 0.0298. The van der Waals surface area contributed by atoms with Gasteiger partial charge in [0.1, 0.15) is 11.1 Å². The molecule has 24 heavy (non-hydrogen) atoms. The summed E-state index contributed by atoms with van der Waals surface area (Å²) in [4.78, 5) is 28.8. The molecule has 2 heterocycles. The van der Waals surface area contributed by atoms with Gasteiger partial charge in [0, 0.05) is 6.20 Å². The molecule has 132 valence electrons. The van der Waals surface area contributed by atoms with Crippen LogP contribution in [0.3, 0.4) is 0 Å². The first kappa shape index (κ1) is 18.2. The molecule has 0 atom stereocenters. The van der Waals surface area contributed by atoms with Gasteiger partial charge in [-0.1, -0.05) is 0 Å². The molecule has 9 heteroatoms. The summed E-state index contributed by atoms with van der Waals surface area (Å²) in [7, 11) is -2.01. The molecule has 1 aromatic heterocycles. The Morgan fingerprint density at radius 2 is 2.00 bits per heavy atom. The van der Waals surface area contributed by atoms with E-state index >= 15 is 0 Å². The topological polar surface area (TPSA) is 112 Å². The first-order valence-corrected chi connectivity index (χ1v) is 9.35. The Labute approximate surface area is 140 Å². The largest absolute Gasteiger partial charge is 0.477 e. The molecule has 0 saturated carbocycles. The van der Waals surface area contributed by atoms with Crippen molar-refractivity contribution >= 4 is 21.7 Å². The normalized spacial score (nSPS) is 18.4. The Hall–Kier alpha value is -2.16. The summed E-state index contributed by atoms with van der Waals surface area (Å²) in [5.41, 5.74) is -1.19. The van der Waals surface area contributed by atoms with Gasteiger partial charge >= 0.3 is 5.97 Å². The fraction of sp³-hybridized carbons (Fsp3) is 0.533. The van der Waals surface area contributed by atoms with Crippen molar-refractivity contribution in [3.63, 3.8) is 0 Å². The average molecular weight is 356 g/mol. The third kappa shape index (κ3) is 3.84. The number of methoxy groups -OCH3 is 1. The number of aromatic nitrogens is 1. The zero-order valence-corrected chi connectivity index (χ0v) is 14.4. The summed E-state index contributed by atoms with van der Waals surface area (Å²) < 4.78 is 33.4. The van der Waals surface area contributed by atoms with Crippen LogP contribution >= 0.6 is 0 Å². The monoisotopic (exact) mass is 356 g/mol. The standard InChI is InChI=1S/C15H20N2O6S/c1-3-23-13-11(5-4-8-16-13)12(18)17-15(14(19)22-2)6-9-24(20,21)10-7-15/h4-5,8H,3,6-7,9-10H2,1-2H3,(H,17,18). The maximum Gasteiger partial charge on any atom is 0.331 e. The van der Waals surface area contributed by atoms with Gasteiger partial charge in [-0.3, -0.25) is 4.79 Å². The van der Waals surface area contributed by atoms with Gasteiger partial charge in [0.05, 0.1) is 25.2 Å². The molecule has 0 aliphatic carbocycles. The first-order chi connectivity index (χ1) is 11.3. The molecule has 0 aromatic carbocycles. The van der Waals surface area contributed by atoms with Crippen LogP contribution in [0.25, 0.3) is 0 Å². The molecule has 8 nitrogen and oxygen atoms in total. The van der Waals surface area contributed by atoms with Crippen molar-refractivity contribution in [2.24, 2.45) is 0 Å². The van der Waals surface area contributed by atoms with E-state index in [4.69, 9.17) is 9.47 Å². The van der Waals surface area contributed by atoms with E-state index in [0.717, 1.165) is 0 Å². The second kappa shape index (κ2) is 7.16. The summed E-state index contributed by atoms with van der Waals surface area (Å²) in [6, 6.07) is 3.10. The lowest BCUT2D eigenvalue weighted by Gasteiger charge is -2.35. The van der Waals surface area contributed by atoms with Gasteiger partial charge in [-0.2, -0.15) is 0 Å². The number of pyridine rings is 1. The summed E-state index contributed by atoms with van der Waals surface area (Å²) in [5.74, 6) is -1.44. The van der Waals surface area contributed by atoms with Gasteiger partial charge < -0.3 is 14.8 Å². The average Bonchev–Trinajstić information content (AvgIpc) is 2.57. The van der Waals surface area contributed by atoms with Crippen molar-refractivity contribution in [1.82, 2.24) is 10.3 Å². The third-order valence-corrected chi connectivity index (χ3v) is 5.56. The van der Waals surface area contributed by atoms with Crippen molar-refractivity contribution in [3.8, 4) is 5.88 Å². The number of nitrogens with zero attached hydrogens (tertiary/aromatic N) is 1. The van der Waals surface area contributed by atoms with Crippen LogP contribution in [0.4, 0.5) is 0 Å². The maximum absolute atomic E-state index is 12.6. The van der Waals surface area contributed by atoms with Gasteiger partial charge in [-0.25, -0.2) is 18.2 Å². The highest BCUT2D eigenvalue weighted by atomic mass is 32.2. The SMILES string of the molecule is CCOc1ncccc1C(=O)NC1(C(=O)OC)CCS(=O)(=O)CC1. The lowest BCUT2D eigenvalue weighted by atomic mass is 9.91. The molecule has 1 aliphatic heterocycles. The van der Waals surface area contributed by atoms with Gasteiger partial charge in [-0.05, 0) is 31.9 Å². The fourth-order valence-electron chi connectivity index (χ4n) is 2.56. The number of carbonyl (C=O) groups is 2. The molecule has 1 N–H and O–H groups in total. The zero-order valence-electron chi connectivity index (χ0n) is 13.6. The number of ether oxygens (including phenoxy) is 2. The van der Waals surface area contributed by atoms with E-state index in [1.54, 1.807) is 13.0 Å². The number of hydrogen-bond donors (Lipinski definition) is 1. The molecule has 1 saturated heterocycles. The smallest absolute Gasteiger partial charge is 0.331 e. The predicted octanol–water partition coefficient (Wildman–Crippen LogP) is 0.330. The molecule has 1 aliphatic rings. The van der Waals surface area contributed by atoms with Crippen LogP contribution < -0.4 is 10.1 Å². The Kier molecular flexibility index (Phi) is 5.43.